The number of carbonyl (C=O) groups is 2. The summed E-state index contributed by atoms with van der Waals surface area (Å²) in [7, 11) is -3.73. The van der Waals surface area contributed by atoms with Crippen molar-refractivity contribution in [2.45, 2.75) is 44.6 Å². The molecular formula is C25H30N4O4S. The first-order valence-electron chi connectivity index (χ1n) is 11.5. The number of H-pyrrole nitrogens is 1. The molecule has 1 aliphatic rings. The van der Waals surface area contributed by atoms with Gasteiger partial charge in [-0.3, -0.25) is 9.59 Å². The van der Waals surface area contributed by atoms with Crippen LogP contribution in [0, 0.1) is 11.8 Å². The Balaban J connectivity index is 1.42. The highest BCUT2D eigenvalue weighted by Gasteiger charge is 2.33. The van der Waals surface area contributed by atoms with E-state index < -0.39 is 10.0 Å². The van der Waals surface area contributed by atoms with Crippen LogP contribution in [0.4, 0.5) is 0 Å². The maximum Gasteiger partial charge on any atom is 0.243 e. The minimum absolute atomic E-state index is 0.0882. The summed E-state index contributed by atoms with van der Waals surface area (Å²) in [6.07, 6.45) is 0.866. The zero-order valence-electron chi connectivity index (χ0n) is 19.6. The van der Waals surface area contributed by atoms with E-state index in [1.165, 1.54) is 23.4 Å². The number of nitrogens with zero attached hydrogens (tertiary/aromatic N) is 2. The van der Waals surface area contributed by atoms with Crippen molar-refractivity contribution in [1.29, 1.82) is 0 Å². The van der Waals surface area contributed by atoms with E-state index in [2.05, 4.69) is 15.3 Å². The Labute approximate surface area is 199 Å². The summed E-state index contributed by atoms with van der Waals surface area (Å²) >= 11 is 0. The van der Waals surface area contributed by atoms with Crippen molar-refractivity contribution in [3.63, 3.8) is 0 Å². The van der Waals surface area contributed by atoms with E-state index in [0.29, 0.717) is 18.4 Å². The van der Waals surface area contributed by atoms with Crippen molar-refractivity contribution in [3.8, 4) is 0 Å². The molecule has 9 heteroatoms. The first-order valence-corrected chi connectivity index (χ1v) is 13.0. The second kappa shape index (κ2) is 9.68. The van der Waals surface area contributed by atoms with Gasteiger partial charge in [0, 0.05) is 24.6 Å². The predicted molar refractivity (Wildman–Crippen MR) is 130 cm³/mol. The molecule has 1 amide bonds. The van der Waals surface area contributed by atoms with Gasteiger partial charge in [-0.25, -0.2) is 13.4 Å². The number of piperidine rings is 1. The van der Waals surface area contributed by atoms with Gasteiger partial charge in [-0.15, -0.1) is 0 Å². The summed E-state index contributed by atoms with van der Waals surface area (Å²) in [6.45, 7) is 5.97. The number of benzene rings is 2. The summed E-state index contributed by atoms with van der Waals surface area (Å²) in [4.78, 5) is 32.8. The van der Waals surface area contributed by atoms with Gasteiger partial charge in [0.15, 0.2) is 5.78 Å². The Kier molecular flexibility index (Phi) is 6.86. The fourth-order valence-electron chi connectivity index (χ4n) is 4.32. The van der Waals surface area contributed by atoms with Crippen LogP contribution >= 0.6 is 0 Å². The molecule has 8 nitrogen and oxygen atoms in total. The van der Waals surface area contributed by atoms with Crippen LogP contribution in [0.25, 0.3) is 11.0 Å². The molecule has 0 aliphatic carbocycles. The Morgan fingerprint density at radius 3 is 2.44 bits per heavy atom. The summed E-state index contributed by atoms with van der Waals surface area (Å²) in [5.41, 5.74) is 2.13. The highest BCUT2D eigenvalue weighted by Crippen LogP contribution is 2.27. The second-order valence-electron chi connectivity index (χ2n) is 9.13. The number of Topliss-reactive ketones (excluding diaryl/α,β-unsaturated/α-hetero) is 1. The van der Waals surface area contributed by atoms with Crippen LogP contribution in [0.2, 0.25) is 0 Å². The van der Waals surface area contributed by atoms with E-state index >= 15 is 0 Å². The molecule has 180 valence electrons. The van der Waals surface area contributed by atoms with Crippen molar-refractivity contribution < 1.29 is 18.0 Å². The number of fused-ring (bicyclic) bond motifs is 1. The molecule has 2 aromatic carbocycles. The quantitative estimate of drug-likeness (QED) is 0.499. The van der Waals surface area contributed by atoms with Crippen LogP contribution in [0.5, 0.6) is 0 Å². The van der Waals surface area contributed by atoms with Crippen molar-refractivity contribution in [3.05, 3.63) is 59.9 Å². The molecule has 1 aliphatic heterocycles. The third-order valence-electron chi connectivity index (χ3n) is 6.37. The van der Waals surface area contributed by atoms with Crippen LogP contribution in [0.3, 0.4) is 0 Å². The fraction of sp³-hybridized carbons (Fsp3) is 0.400. The van der Waals surface area contributed by atoms with Gasteiger partial charge < -0.3 is 10.3 Å². The third-order valence-corrected chi connectivity index (χ3v) is 8.26. The molecule has 1 fully saturated rings. The van der Waals surface area contributed by atoms with E-state index in [4.69, 9.17) is 0 Å². The molecule has 4 rings (SSSR count). The molecule has 0 unspecified atom stereocenters. The number of hydrogen-bond donors (Lipinski definition) is 2. The van der Waals surface area contributed by atoms with Gasteiger partial charge in [0.05, 0.1) is 22.0 Å². The summed E-state index contributed by atoms with van der Waals surface area (Å²) in [6, 6.07) is 13.6. The van der Waals surface area contributed by atoms with Crippen molar-refractivity contribution in [2.24, 2.45) is 11.8 Å². The van der Waals surface area contributed by atoms with Gasteiger partial charge in [0.25, 0.3) is 0 Å². The lowest BCUT2D eigenvalue weighted by Crippen LogP contribution is -2.44. The Bertz CT molecular complexity index is 1270. The van der Waals surface area contributed by atoms with Crippen molar-refractivity contribution in [1.82, 2.24) is 19.6 Å². The lowest BCUT2D eigenvalue weighted by atomic mass is 9.95. The molecule has 0 bridgehead atoms. The van der Waals surface area contributed by atoms with Crippen LogP contribution in [-0.4, -0.2) is 47.5 Å². The van der Waals surface area contributed by atoms with Gasteiger partial charge in [0.2, 0.25) is 15.9 Å². The average molecular weight is 483 g/mol. The number of imidazole rings is 1. The standard InChI is InChI=1S/C25H30N4O4S/c1-16(2)23(24-26-21-9-4-5-10-22(21)27-24)28-25(31)18-11-13-29(14-12-18)34(32,33)20-8-6-7-19(15-20)17(3)30/h4-10,15-16,18,23H,11-14H2,1-3H3,(H,26,27)(H,28,31)/t23-/m0/s1. The Morgan fingerprint density at radius 1 is 1.09 bits per heavy atom. The van der Waals surface area contributed by atoms with Gasteiger partial charge in [-0.05, 0) is 49.9 Å². The van der Waals surface area contributed by atoms with Crippen molar-refractivity contribution in [2.75, 3.05) is 13.1 Å². The third kappa shape index (κ3) is 4.90. The molecular weight excluding hydrogens is 452 g/mol. The van der Waals surface area contributed by atoms with Crippen LogP contribution < -0.4 is 5.32 Å². The summed E-state index contributed by atoms with van der Waals surface area (Å²) in [5, 5.41) is 3.13. The van der Waals surface area contributed by atoms with Gasteiger partial charge >= 0.3 is 0 Å². The van der Waals surface area contributed by atoms with Crippen LogP contribution in [0.1, 0.15) is 55.8 Å². The number of amides is 1. The molecule has 1 saturated heterocycles. The minimum atomic E-state index is -3.73. The molecule has 0 radical (unpaired) electrons. The number of aromatic amines is 1. The van der Waals surface area contributed by atoms with E-state index in [0.717, 1.165) is 16.9 Å². The topological polar surface area (TPSA) is 112 Å². The largest absolute Gasteiger partial charge is 0.346 e. The average Bonchev–Trinajstić information content (AvgIpc) is 3.26. The lowest BCUT2D eigenvalue weighted by Gasteiger charge is -2.32. The van der Waals surface area contributed by atoms with Gasteiger partial charge in [0.1, 0.15) is 5.82 Å². The molecule has 0 saturated carbocycles. The van der Waals surface area contributed by atoms with E-state index in [1.54, 1.807) is 12.1 Å². The molecule has 3 aromatic rings. The molecule has 34 heavy (non-hydrogen) atoms. The Morgan fingerprint density at radius 2 is 1.79 bits per heavy atom. The minimum Gasteiger partial charge on any atom is -0.346 e. The number of para-hydroxylation sites is 2. The number of aromatic nitrogens is 2. The molecule has 2 heterocycles. The lowest BCUT2D eigenvalue weighted by molar-refractivity contribution is -0.127. The number of ketones is 1. The van der Waals surface area contributed by atoms with Crippen LogP contribution in [-0.2, 0) is 14.8 Å². The second-order valence-corrected chi connectivity index (χ2v) is 11.1. The number of rotatable bonds is 7. The normalized spacial score (nSPS) is 16.6. The molecule has 2 N–H and O–H groups in total. The molecule has 1 atom stereocenters. The number of nitrogens with one attached hydrogen (secondary N) is 2. The molecule has 0 spiro atoms. The Hall–Kier alpha value is -3.04. The van der Waals surface area contributed by atoms with Gasteiger partial charge in [-0.2, -0.15) is 4.31 Å². The van der Waals surface area contributed by atoms with Crippen molar-refractivity contribution >= 4 is 32.7 Å². The van der Waals surface area contributed by atoms with Crippen LogP contribution in [0.15, 0.2) is 53.4 Å². The van der Waals surface area contributed by atoms with E-state index in [-0.39, 0.29) is 47.6 Å². The summed E-state index contributed by atoms with van der Waals surface area (Å²) < 4.78 is 27.6. The monoisotopic (exact) mass is 482 g/mol. The van der Waals surface area contributed by atoms with E-state index in [1.807, 2.05) is 38.1 Å². The maximum atomic E-state index is 13.1. The number of hydrogen-bond acceptors (Lipinski definition) is 5. The maximum absolute atomic E-state index is 13.1. The van der Waals surface area contributed by atoms with E-state index in [9.17, 15) is 18.0 Å². The highest BCUT2D eigenvalue weighted by atomic mass is 32.2. The highest BCUT2D eigenvalue weighted by molar-refractivity contribution is 7.89. The SMILES string of the molecule is CC(=O)c1cccc(S(=O)(=O)N2CCC(C(=O)N[C@H](c3nc4ccccc4[nH]3)C(C)C)CC2)c1. The summed E-state index contributed by atoms with van der Waals surface area (Å²) in [5.74, 6) is 0.292. The number of sulfonamides is 1. The smallest absolute Gasteiger partial charge is 0.243 e. The zero-order chi connectivity index (χ0) is 24.5. The fourth-order valence-corrected chi connectivity index (χ4v) is 5.84. The predicted octanol–water partition coefficient (Wildman–Crippen LogP) is 3.68. The first-order chi connectivity index (χ1) is 16.2. The molecule has 1 aromatic heterocycles. The zero-order valence-corrected chi connectivity index (χ0v) is 20.4. The first kappa shape index (κ1) is 24.1. The van der Waals surface area contributed by atoms with Gasteiger partial charge in [-0.1, -0.05) is 38.1 Å². The number of carbonyl (C=O) groups excluding carboxylic acids is 2.